The largest absolute Gasteiger partial charge is 0.462 e. The molecule has 88 valence electrons. The van der Waals surface area contributed by atoms with Gasteiger partial charge >= 0.3 is 5.97 Å². The molecule has 0 aromatic heterocycles. The molecule has 0 unspecified atom stereocenters. The van der Waals surface area contributed by atoms with Crippen LogP contribution in [0.1, 0.15) is 26.7 Å². The van der Waals surface area contributed by atoms with Gasteiger partial charge in [0, 0.05) is 5.57 Å². The summed E-state index contributed by atoms with van der Waals surface area (Å²) in [5, 5.41) is 0. The Morgan fingerprint density at radius 2 is 2.00 bits per heavy atom. The molecule has 0 aliphatic heterocycles. The first-order chi connectivity index (χ1) is 6.89. The van der Waals surface area contributed by atoms with Crippen molar-refractivity contribution in [1.29, 1.82) is 0 Å². The molecule has 0 radical (unpaired) electrons. The SMILES string of the molecule is C=C(C)C(=O)OCCC[Si](Cl)(Cl)CCC. The van der Waals surface area contributed by atoms with Crippen LogP contribution in [0.3, 0.4) is 0 Å². The maximum atomic E-state index is 11.0. The summed E-state index contributed by atoms with van der Waals surface area (Å²) in [4.78, 5) is 11.0. The molecule has 0 heterocycles. The highest BCUT2D eigenvalue weighted by Gasteiger charge is 2.26. The van der Waals surface area contributed by atoms with Crippen LogP contribution >= 0.6 is 22.2 Å². The molecule has 0 rings (SSSR count). The summed E-state index contributed by atoms with van der Waals surface area (Å²) in [5.74, 6) is -0.345. The van der Waals surface area contributed by atoms with Crippen molar-refractivity contribution < 1.29 is 9.53 Å². The molecule has 2 nitrogen and oxygen atoms in total. The van der Waals surface area contributed by atoms with E-state index in [1.807, 2.05) is 0 Å². The van der Waals surface area contributed by atoms with Crippen LogP contribution in [0.2, 0.25) is 12.1 Å². The number of carbonyl (C=O) groups excluding carboxylic acids is 1. The van der Waals surface area contributed by atoms with Crippen molar-refractivity contribution in [2.45, 2.75) is 38.8 Å². The molecular weight excluding hydrogens is 251 g/mol. The van der Waals surface area contributed by atoms with E-state index >= 15 is 0 Å². The molecule has 0 bridgehead atoms. The molecule has 0 aromatic carbocycles. The van der Waals surface area contributed by atoms with Gasteiger partial charge in [0.1, 0.15) is 0 Å². The fourth-order valence-electron chi connectivity index (χ4n) is 1.11. The third-order valence-corrected chi connectivity index (χ3v) is 6.47. The minimum atomic E-state index is -2.07. The van der Waals surface area contributed by atoms with Gasteiger partial charge in [0.05, 0.1) is 6.61 Å². The van der Waals surface area contributed by atoms with Crippen molar-refractivity contribution in [3.8, 4) is 0 Å². The highest BCUT2D eigenvalue weighted by molar-refractivity contribution is 7.45. The number of hydrogen-bond acceptors (Lipinski definition) is 2. The van der Waals surface area contributed by atoms with E-state index in [0.717, 1.165) is 24.9 Å². The van der Waals surface area contributed by atoms with Crippen molar-refractivity contribution in [3.63, 3.8) is 0 Å². The van der Waals surface area contributed by atoms with Crippen LogP contribution in [0.5, 0.6) is 0 Å². The van der Waals surface area contributed by atoms with Crippen molar-refractivity contribution in [3.05, 3.63) is 12.2 Å². The Labute approximate surface area is 102 Å². The quantitative estimate of drug-likeness (QED) is 0.231. The van der Waals surface area contributed by atoms with Crippen LogP contribution in [0.4, 0.5) is 0 Å². The molecule has 0 saturated carbocycles. The second kappa shape index (κ2) is 7.31. The molecule has 0 spiro atoms. The van der Waals surface area contributed by atoms with E-state index < -0.39 is 6.69 Å². The standard InChI is InChI=1S/C10H18Cl2O2Si/c1-4-7-15(11,12)8-5-6-14-10(13)9(2)3/h2,4-8H2,1,3H3. The van der Waals surface area contributed by atoms with Crippen LogP contribution in [0.25, 0.3) is 0 Å². The zero-order valence-electron chi connectivity index (χ0n) is 9.32. The summed E-state index contributed by atoms with van der Waals surface area (Å²) < 4.78 is 4.94. The van der Waals surface area contributed by atoms with Crippen molar-refractivity contribution >= 4 is 34.8 Å². The van der Waals surface area contributed by atoms with Gasteiger partial charge in [-0.2, -0.15) is 0 Å². The second-order valence-electron chi connectivity index (χ2n) is 3.63. The maximum Gasteiger partial charge on any atom is 0.333 e. The molecule has 0 N–H and O–H groups in total. The van der Waals surface area contributed by atoms with Gasteiger partial charge in [0.2, 0.25) is 0 Å². The number of esters is 1. The summed E-state index contributed by atoms with van der Waals surface area (Å²) in [6, 6.07) is 1.66. The zero-order valence-corrected chi connectivity index (χ0v) is 11.8. The number of hydrogen-bond donors (Lipinski definition) is 0. The molecule has 0 amide bonds. The topological polar surface area (TPSA) is 26.3 Å². The summed E-state index contributed by atoms with van der Waals surface area (Å²) >= 11 is 12.3. The van der Waals surface area contributed by atoms with E-state index in [4.69, 9.17) is 26.9 Å². The minimum Gasteiger partial charge on any atom is -0.462 e. The van der Waals surface area contributed by atoms with Gasteiger partial charge in [-0.05, 0) is 25.4 Å². The number of ether oxygens (including phenoxy) is 1. The fraction of sp³-hybridized carbons (Fsp3) is 0.700. The molecule has 0 fully saturated rings. The van der Waals surface area contributed by atoms with Crippen molar-refractivity contribution in [2.24, 2.45) is 0 Å². The summed E-state index contributed by atoms with van der Waals surface area (Å²) in [7, 11) is 0. The molecule has 15 heavy (non-hydrogen) atoms. The van der Waals surface area contributed by atoms with E-state index in [9.17, 15) is 4.79 Å². The van der Waals surface area contributed by atoms with E-state index in [0.29, 0.717) is 12.2 Å². The van der Waals surface area contributed by atoms with Crippen LogP contribution in [-0.2, 0) is 9.53 Å². The summed E-state index contributed by atoms with van der Waals surface area (Å²) in [6.07, 6.45) is 1.74. The smallest absolute Gasteiger partial charge is 0.333 e. The summed E-state index contributed by atoms with van der Waals surface area (Å²) in [5.41, 5.74) is 0.420. The molecule has 5 heteroatoms. The van der Waals surface area contributed by atoms with Gasteiger partial charge in [-0.15, -0.1) is 22.2 Å². The molecule has 0 aromatic rings. The van der Waals surface area contributed by atoms with Crippen molar-refractivity contribution in [2.75, 3.05) is 6.61 Å². The van der Waals surface area contributed by atoms with Gasteiger partial charge in [0.25, 0.3) is 6.69 Å². The Balaban J connectivity index is 3.62. The second-order valence-corrected chi connectivity index (χ2v) is 11.3. The lowest BCUT2D eigenvalue weighted by Crippen LogP contribution is -2.19. The Kier molecular flexibility index (Phi) is 7.31. The molecule has 0 aliphatic carbocycles. The first kappa shape index (κ1) is 15.0. The number of carbonyl (C=O) groups is 1. The predicted octanol–water partition coefficient (Wildman–Crippen LogP) is 3.83. The Morgan fingerprint density at radius 1 is 1.40 bits per heavy atom. The molecular formula is C10H18Cl2O2Si. The monoisotopic (exact) mass is 268 g/mol. The van der Waals surface area contributed by atoms with Gasteiger partial charge in [0.15, 0.2) is 0 Å². The third kappa shape index (κ3) is 7.88. The lowest BCUT2D eigenvalue weighted by Gasteiger charge is -2.15. The van der Waals surface area contributed by atoms with Gasteiger partial charge in [-0.25, -0.2) is 4.79 Å². The maximum absolute atomic E-state index is 11.0. The van der Waals surface area contributed by atoms with Gasteiger partial charge < -0.3 is 4.74 Å². The van der Waals surface area contributed by atoms with Crippen LogP contribution < -0.4 is 0 Å². The fourth-order valence-corrected chi connectivity index (χ4v) is 4.69. The first-order valence-electron chi connectivity index (χ1n) is 5.09. The van der Waals surface area contributed by atoms with E-state index in [2.05, 4.69) is 13.5 Å². The van der Waals surface area contributed by atoms with E-state index in [-0.39, 0.29) is 5.97 Å². The highest BCUT2D eigenvalue weighted by Crippen LogP contribution is 2.28. The predicted molar refractivity (Wildman–Crippen MR) is 67.8 cm³/mol. The average Bonchev–Trinajstić information content (AvgIpc) is 2.11. The zero-order chi connectivity index (χ0) is 11.9. The Hall–Kier alpha value is 0.00688. The minimum absolute atomic E-state index is 0.345. The Bertz CT molecular complexity index is 229. The normalized spacial score (nSPS) is 11.2. The van der Waals surface area contributed by atoms with E-state index in [1.165, 1.54) is 0 Å². The first-order valence-corrected chi connectivity index (χ1v) is 9.53. The summed E-state index contributed by atoms with van der Waals surface area (Å²) in [6.45, 7) is 5.49. The number of halogens is 2. The van der Waals surface area contributed by atoms with Gasteiger partial charge in [-0.1, -0.05) is 19.9 Å². The molecule has 0 aliphatic rings. The van der Waals surface area contributed by atoms with Crippen LogP contribution in [0, 0.1) is 0 Å². The van der Waals surface area contributed by atoms with Crippen LogP contribution in [-0.4, -0.2) is 19.3 Å². The lowest BCUT2D eigenvalue weighted by molar-refractivity contribution is -0.138. The molecule has 0 atom stereocenters. The van der Waals surface area contributed by atoms with Gasteiger partial charge in [-0.3, -0.25) is 0 Å². The number of rotatable bonds is 7. The average molecular weight is 269 g/mol. The third-order valence-electron chi connectivity index (χ3n) is 1.88. The van der Waals surface area contributed by atoms with Crippen molar-refractivity contribution in [1.82, 2.24) is 0 Å². The van der Waals surface area contributed by atoms with E-state index in [1.54, 1.807) is 6.92 Å². The highest BCUT2D eigenvalue weighted by atomic mass is 35.7. The molecule has 0 saturated heterocycles. The lowest BCUT2D eigenvalue weighted by atomic mass is 10.4. The van der Waals surface area contributed by atoms with Crippen LogP contribution in [0.15, 0.2) is 12.2 Å². The Morgan fingerprint density at radius 3 is 2.47 bits per heavy atom.